The number of rotatable bonds is 6. The van der Waals surface area contributed by atoms with Crippen molar-refractivity contribution in [2.45, 2.75) is 6.54 Å². The minimum absolute atomic E-state index is 0.0180. The van der Waals surface area contributed by atoms with Gasteiger partial charge in [0.1, 0.15) is 0 Å². The number of hydrogen-bond acceptors (Lipinski definition) is 6. The van der Waals surface area contributed by atoms with Gasteiger partial charge in [-0.25, -0.2) is 5.43 Å². The average molecular weight is 434 g/mol. The number of carbonyl (C=O) groups is 1. The van der Waals surface area contributed by atoms with Crippen molar-refractivity contribution in [3.05, 3.63) is 79.4 Å². The van der Waals surface area contributed by atoms with Crippen LogP contribution in [-0.2, 0) is 6.54 Å². The largest absolute Gasteiger partial charge is 0.324 e. The molecule has 0 atom stereocenters. The lowest BCUT2D eigenvalue weighted by molar-refractivity contribution is -0.380. The first-order chi connectivity index (χ1) is 12.5. The Bertz CT molecular complexity index is 964. The lowest BCUT2D eigenvalue weighted by Gasteiger charge is -2.02. The second-order valence-electron chi connectivity index (χ2n) is 5.16. The molecular weight excluding hydrogens is 422 g/mol. The van der Waals surface area contributed by atoms with E-state index >= 15 is 0 Å². The Morgan fingerprint density at radius 1 is 1.31 bits per heavy atom. The van der Waals surface area contributed by atoms with E-state index in [0.717, 1.165) is 21.4 Å². The van der Waals surface area contributed by atoms with Gasteiger partial charge in [-0.15, -0.1) is 0 Å². The highest BCUT2D eigenvalue weighted by Crippen LogP contribution is 2.22. The molecule has 0 fully saturated rings. The molecule has 1 aromatic carbocycles. The molecule has 0 unspecified atom stereocenters. The molecule has 0 saturated carbocycles. The predicted molar refractivity (Wildman–Crippen MR) is 102 cm³/mol. The summed E-state index contributed by atoms with van der Waals surface area (Å²) >= 11 is 4.35. The van der Waals surface area contributed by atoms with E-state index in [0.29, 0.717) is 11.4 Å². The lowest BCUT2D eigenvalue weighted by atomic mass is 10.2. The molecule has 0 bridgehead atoms. The van der Waals surface area contributed by atoms with Crippen molar-refractivity contribution in [2.75, 3.05) is 0 Å². The number of amides is 1. The molecule has 0 aliphatic heterocycles. The highest BCUT2D eigenvalue weighted by atomic mass is 79.9. The first-order valence-electron chi connectivity index (χ1n) is 7.37. The molecular formula is C16H12BrN5O3S. The smallest absolute Gasteiger partial charge is 0.268 e. The van der Waals surface area contributed by atoms with Crippen molar-refractivity contribution >= 4 is 44.4 Å². The van der Waals surface area contributed by atoms with Crippen LogP contribution < -0.4 is 5.43 Å². The molecule has 10 heteroatoms. The van der Waals surface area contributed by atoms with E-state index in [-0.39, 0.29) is 10.7 Å². The Morgan fingerprint density at radius 3 is 2.77 bits per heavy atom. The molecule has 1 amide bonds. The quantitative estimate of drug-likeness (QED) is 0.365. The molecule has 0 saturated heterocycles. The fourth-order valence-corrected chi connectivity index (χ4v) is 3.03. The Hall–Kier alpha value is -2.85. The van der Waals surface area contributed by atoms with Crippen LogP contribution in [0.3, 0.4) is 0 Å². The fourth-order valence-electron chi connectivity index (χ4n) is 2.07. The second kappa shape index (κ2) is 8.02. The number of benzene rings is 1. The molecule has 1 N–H and O–H groups in total. The molecule has 0 radical (unpaired) electrons. The number of hydrazone groups is 1. The lowest BCUT2D eigenvalue weighted by Crippen LogP contribution is -2.18. The first kappa shape index (κ1) is 18.0. The Labute approximate surface area is 160 Å². The molecule has 8 nitrogen and oxygen atoms in total. The summed E-state index contributed by atoms with van der Waals surface area (Å²) < 4.78 is 2.65. The van der Waals surface area contributed by atoms with Crippen LogP contribution in [0, 0.1) is 10.1 Å². The maximum atomic E-state index is 12.0. The summed E-state index contributed by atoms with van der Waals surface area (Å²) in [7, 11) is 0. The molecule has 3 rings (SSSR count). The predicted octanol–water partition coefficient (Wildman–Crippen LogP) is 3.43. The van der Waals surface area contributed by atoms with Gasteiger partial charge in [0.25, 0.3) is 5.91 Å². The number of carbonyl (C=O) groups excluding carboxylic acids is 1. The summed E-state index contributed by atoms with van der Waals surface area (Å²) in [6.45, 7) is 0.544. The number of halogens is 1. The minimum Gasteiger partial charge on any atom is -0.268 e. The Balaban J connectivity index is 1.58. The Morgan fingerprint density at radius 2 is 2.08 bits per heavy atom. The standard InChI is InChI=1S/C16H12BrN5O3S/c17-12-3-1-11(2-4-12)10-21-8-7-14(20-21)16(23)19-18-9-13-5-6-15(26-13)22(24)25/h1-9H,10H2,(H,19,23)/b18-9-. The molecule has 2 heterocycles. The summed E-state index contributed by atoms with van der Waals surface area (Å²) in [5.74, 6) is -0.457. The zero-order valence-electron chi connectivity index (χ0n) is 13.2. The van der Waals surface area contributed by atoms with E-state index in [1.54, 1.807) is 23.0 Å². The van der Waals surface area contributed by atoms with Crippen molar-refractivity contribution < 1.29 is 9.72 Å². The van der Waals surface area contributed by atoms with Gasteiger partial charge >= 0.3 is 5.00 Å². The minimum atomic E-state index is -0.474. The van der Waals surface area contributed by atoms with Crippen molar-refractivity contribution in [1.29, 1.82) is 0 Å². The van der Waals surface area contributed by atoms with E-state index in [4.69, 9.17) is 0 Å². The van der Waals surface area contributed by atoms with Gasteiger partial charge in [-0.1, -0.05) is 39.4 Å². The van der Waals surface area contributed by atoms with Gasteiger partial charge in [-0.2, -0.15) is 10.2 Å². The van der Waals surface area contributed by atoms with Crippen LogP contribution in [-0.4, -0.2) is 26.8 Å². The van der Waals surface area contributed by atoms with Gasteiger partial charge in [0.15, 0.2) is 5.69 Å². The summed E-state index contributed by atoms with van der Waals surface area (Å²) in [6.07, 6.45) is 3.07. The monoisotopic (exact) mass is 433 g/mol. The highest BCUT2D eigenvalue weighted by molar-refractivity contribution is 9.10. The molecule has 26 heavy (non-hydrogen) atoms. The fraction of sp³-hybridized carbons (Fsp3) is 0.0625. The van der Waals surface area contributed by atoms with E-state index in [1.165, 1.54) is 12.3 Å². The molecule has 3 aromatic rings. The number of nitrogens with zero attached hydrogens (tertiary/aromatic N) is 4. The van der Waals surface area contributed by atoms with Crippen LogP contribution in [0.1, 0.15) is 20.9 Å². The van der Waals surface area contributed by atoms with Crippen LogP contribution in [0.2, 0.25) is 0 Å². The number of hydrogen-bond donors (Lipinski definition) is 1. The molecule has 0 aliphatic rings. The average Bonchev–Trinajstić information content (AvgIpc) is 3.26. The van der Waals surface area contributed by atoms with Crippen molar-refractivity contribution in [2.24, 2.45) is 5.10 Å². The van der Waals surface area contributed by atoms with E-state index < -0.39 is 10.8 Å². The molecule has 2 aromatic heterocycles. The number of thiophene rings is 1. The third-order valence-corrected chi connectivity index (χ3v) is 4.78. The topological polar surface area (TPSA) is 102 Å². The number of nitrogens with one attached hydrogen (secondary N) is 1. The summed E-state index contributed by atoms with van der Waals surface area (Å²) in [4.78, 5) is 22.8. The number of aromatic nitrogens is 2. The normalized spacial score (nSPS) is 11.0. The third-order valence-electron chi connectivity index (χ3n) is 3.28. The maximum Gasteiger partial charge on any atom is 0.324 e. The van der Waals surface area contributed by atoms with Gasteiger partial charge in [0.05, 0.1) is 22.6 Å². The van der Waals surface area contributed by atoms with Crippen LogP contribution in [0.25, 0.3) is 0 Å². The summed E-state index contributed by atoms with van der Waals surface area (Å²) in [5.41, 5.74) is 3.64. The molecule has 0 spiro atoms. The van der Waals surface area contributed by atoms with Crippen molar-refractivity contribution in [3.63, 3.8) is 0 Å². The zero-order chi connectivity index (χ0) is 18.5. The van der Waals surface area contributed by atoms with Crippen LogP contribution in [0.5, 0.6) is 0 Å². The maximum absolute atomic E-state index is 12.0. The van der Waals surface area contributed by atoms with Gasteiger partial charge in [-0.3, -0.25) is 19.6 Å². The summed E-state index contributed by atoms with van der Waals surface area (Å²) in [5, 5.41) is 18.7. The van der Waals surface area contributed by atoms with Crippen LogP contribution in [0.15, 0.2) is 58.2 Å². The van der Waals surface area contributed by atoms with Crippen molar-refractivity contribution in [1.82, 2.24) is 15.2 Å². The van der Waals surface area contributed by atoms with Crippen LogP contribution in [0.4, 0.5) is 5.00 Å². The van der Waals surface area contributed by atoms with Crippen LogP contribution >= 0.6 is 27.3 Å². The SMILES string of the molecule is O=C(N/N=C\c1ccc([N+](=O)[O-])s1)c1ccn(Cc2ccc(Br)cc2)n1. The van der Waals surface area contributed by atoms with E-state index in [1.807, 2.05) is 24.3 Å². The molecule has 132 valence electrons. The van der Waals surface area contributed by atoms with Gasteiger partial charge in [0, 0.05) is 16.7 Å². The van der Waals surface area contributed by atoms with Gasteiger partial charge < -0.3 is 0 Å². The number of nitro groups is 1. The van der Waals surface area contributed by atoms with E-state index in [9.17, 15) is 14.9 Å². The van der Waals surface area contributed by atoms with Gasteiger partial charge in [0.2, 0.25) is 0 Å². The first-order valence-corrected chi connectivity index (χ1v) is 8.98. The van der Waals surface area contributed by atoms with E-state index in [2.05, 4.69) is 31.6 Å². The third kappa shape index (κ3) is 4.61. The summed E-state index contributed by atoms with van der Waals surface area (Å²) in [6, 6.07) is 12.4. The highest BCUT2D eigenvalue weighted by Gasteiger charge is 2.10. The van der Waals surface area contributed by atoms with Crippen molar-refractivity contribution in [3.8, 4) is 0 Å². The Kier molecular flexibility index (Phi) is 5.54. The van der Waals surface area contributed by atoms with Gasteiger partial charge in [-0.05, 0) is 29.8 Å². The zero-order valence-corrected chi connectivity index (χ0v) is 15.6. The molecule has 0 aliphatic carbocycles. The second-order valence-corrected chi connectivity index (χ2v) is 7.17.